The Hall–Kier alpha value is -1.75. The number of benzene rings is 1. The molecule has 0 saturated heterocycles. The second kappa shape index (κ2) is 6.99. The van der Waals surface area contributed by atoms with E-state index in [0.29, 0.717) is 13.2 Å². The van der Waals surface area contributed by atoms with Crippen molar-refractivity contribution in [3.8, 4) is 5.75 Å². The molecule has 1 N–H and O–H groups in total. The molecule has 1 amide bonds. The quantitative estimate of drug-likeness (QED) is 0.886. The van der Waals surface area contributed by atoms with Crippen molar-refractivity contribution < 1.29 is 14.6 Å². The lowest BCUT2D eigenvalue weighted by atomic mass is 10.1. The molecule has 0 saturated carbocycles. The summed E-state index contributed by atoms with van der Waals surface area (Å²) in [7, 11) is 5.29. The molecule has 5 nitrogen and oxygen atoms in total. The number of ether oxygens (including phenoxy) is 1. The van der Waals surface area contributed by atoms with Crippen LogP contribution in [0.15, 0.2) is 24.3 Å². The first-order valence-electron chi connectivity index (χ1n) is 6.25. The van der Waals surface area contributed by atoms with Crippen molar-refractivity contribution in [2.24, 2.45) is 0 Å². The summed E-state index contributed by atoms with van der Waals surface area (Å²) < 4.78 is 5.08. The molecule has 1 aromatic carbocycles. The summed E-state index contributed by atoms with van der Waals surface area (Å²) in [5.41, 5.74) is 1.11. The van der Waals surface area contributed by atoms with Crippen molar-refractivity contribution >= 4 is 6.09 Å². The van der Waals surface area contributed by atoms with Crippen molar-refractivity contribution in [3.63, 3.8) is 0 Å². The van der Waals surface area contributed by atoms with Crippen LogP contribution in [0.5, 0.6) is 5.75 Å². The molecule has 1 aromatic rings. The minimum Gasteiger partial charge on any atom is -0.508 e. The molecule has 0 heterocycles. The third kappa shape index (κ3) is 4.79. The molecule has 0 aliphatic carbocycles. The fourth-order valence-corrected chi connectivity index (χ4v) is 1.61. The van der Waals surface area contributed by atoms with Crippen LogP contribution >= 0.6 is 0 Å². The van der Waals surface area contributed by atoms with Crippen LogP contribution in [0.25, 0.3) is 0 Å². The summed E-state index contributed by atoms with van der Waals surface area (Å²) in [6, 6.07) is 7.32. The molecule has 0 radical (unpaired) electrons. The molecule has 0 fully saturated rings. The van der Waals surface area contributed by atoms with E-state index in [4.69, 9.17) is 4.74 Å². The molecule has 1 rings (SSSR count). The molecule has 106 valence electrons. The zero-order valence-corrected chi connectivity index (χ0v) is 12.0. The van der Waals surface area contributed by atoms with Gasteiger partial charge in [0.15, 0.2) is 0 Å². The summed E-state index contributed by atoms with van der Waals surface area (Å²) in [5.74, 6) is 0.263. The molecule has 0 unspecified atom stereocenters. The first kappa shape index (κ1) is 15.3. The Morgan fingerprint density at radius 2 is 1.84 bits per heavy atom. The number of hydrogen-bond acceptors (Lipinski definition) is 4. The highest BCUT2D eigenvalue weighted by Gasteiger charge is 2.12. The van der Waals surface area contributed by atoms with Gasteiger partial charge in [-0.25, -0.2) is 4.79 Å². The number of nitrogens with zero attached hydrogens (tertiary/aromatic N) is 2. The van der Waals surface area contributed by atoms with Crippen LogP contribution in [0.1, 0.15) is 18.5 Å². The average molecular weight is 266 g/mol. The molecule has 0 aromatic heterocycles. The van der Waals surface area contributed by atoms with Gasteiger partial charge in [-0.05, 0) is 31.7 Å². The number of aromatic hydroxyl groups is 1. The van der Waals surface area contributed by atoms with E-state index in [-0.39, 0.29) is 17.9 Å². The van der Waals surface area contributed by atoms with Gasteiger partial charge in [-0.1, -0.05) is 12.1 Å². The van der Waals surface area contributed by atoms with Crippen molar-refractivity contribution in [1.82, 2.24) is 9.80 Å². The van der Waals surface area contributed by atoms with E-state index in [1.807, 2.05) is 19.2 Å². The molecule has 0 aliphatic rings. The van der Waals surface area contributed by atoms with Crippen LogP contribution in [-0.2, 0) is 4.74 Å². The van der Waals surface area contributed by atoms with E-state index in [1.54, 1.807) is 26.2 Å². The molecule has 19 heavy (non-hydrogen) atoms. The Morgan fingerprint density at radius 1 is 1.26 bits per heavy atom. The van der Waals surface area contributed by atoms with Crippen LogP contribution in [0.3, 0.4) is 0 Å². The number of phenols is 1. The smallest absolute Gasteiger partial charge is 0.409 e. The highest BCUT2D eigenvalue weighted by molar-refractivity contribution is 5.66. The topological polar surface area (TPSA) is 53.0 Å². The maximum Gasteiger partial charge on any atom is 0.409 e. The highest BCUT2D eigenvalue weighted by atomic mass is 16.6. The lowest BCUT2D eigenvalue weighted by Gasteiger charge is -2.25. The van der Waals surface area contributed by atoms with Gasteiger partial charge in [0.25, 0.3) is 0 Å². The van der Waals surface area contributed by atoms with Gasteiger partial charge in [-0.15, -0.1) is 0 Å². The predicted octanol–water partition coefficient (Wildman–Crippen LogP) is 2.08. The minimum atomic E-state index is -0.328. The molecule has 1 atom stereocenters. The van der Waals surface area contributed by atoms with E-state index in [0.717, 1.165) is 5.56 Å². The number of likely N-dealkylation sites (N-methyl/N-ethyl adjacent to an activating group) is 1. The van der Waals surface area contributed by atoms with Gasteiger partial charge < -0.3 is 14.7 Å². The first-order valence-corrected chi connectivity index (χ1v) is 6.25. The Labute approximate surface area is 114 Å². The Bertz CT molecular complexity index is 404. The number of carbonyl (C=O) groups excluding carboxylic acids is 1. The zero-order valence-electron chi connectivity index (χ0n) is 12.0. The second-order valence-electron chi connectivity index (χ2n) is 4.76. The summed E-state index contributed by atoms with van der Waals surface area (Å²) >= 11 is 0. The van der Waals surface area contributed by atoms with Crippen molar-refractivity contribution in [1.29, 1.82) is 0 Å². The zero-order chi connectivity index (χ0) is 14.4. The number of rotatable bonds is 5. The Morgan fingerprint density at radius 3 is 2.37 bits per heavy atom. The van der Waals surface area contributed by atoms with Gasteiger partial charge in [-0.2, -0.15) is 0 Å². The second-order valence-corrected chi connectivity index (χ2v) is 4.76. The van der Waals surface area contributed by atoms with Crippen LogP contribution in [0.4, 0.5) is 4.79 Å². The van der Waals surface area contributed by atoms with Gasteiger partial charge in [0.1, 0.15) is 12.4 Å². The fourth-order valence-electron chi connectivity index (χ4n) is 1.61. The van der Waals surface area contributed by atoms with Gasteiger partial charge in [0, 0.05) is 26.7 Å². The standard InChI is InChI=1S/C14H22N2O3/c1-11(12-5-7-13(17)8-6-12)16(4)9-10-19-14(18)15(2)3/h5-8,11,17H,9-10H2,1-4H3/t11-/m1/s1. The number of carbonyl (C=O) groups is 1. The lowest BCUT2D eigenvalue weighted by Crippen LogP contribution is -2.30. The minimum absolute atomic E-state index is 0.193. The molecular formula is C14H22N2O3. The first-order chi connectivity index (χ1) is 8.91. The fraction of sp³-hybridized carbons (Fsp3) is 0.500. The third-order valence-electron chi connectivity index (χ3n) is 3.07. The number of phenolic OH excluding ortho intramolecular Hbond substituents is 1. The number of hydrogen-bond donors (Lipinski definition) is 1. The van der Waals surface area contributed by atoms with Crippen LogP contribution in [0, 0.1) is 0 Å². The SMILES string of the molecule is C[C@H](c1ccc(O)cc1)N(C)CCOC(=O)N(C)C. The summed E-state index contributed by atoms with van der Waals surface area (Å²) in [5, 5.41) is 9.26. The van der Waals surface area contributed by atoms with Crippen molar-refractivity contribution in [2.75, 3.05) is 34.3 Å². The van der Waals surface area contributed by atoms with Gasteiger partial charge in [-0.3, -0.25) is 4.90 Å². The maximum atomic E-state index is 11.3. The summed E-state index contributed by atoms with van der Waals surface area (Å²) in [6.07, 6.45) is -0.328. The van der Waals surface area contributed by atoms with Crippen molar-refractivity contribution in [2.45, 2.75) is 13.0 Å². The monoisotopic (exact) mass is 266 g/mol. The maximum absolute atomic E-state index is 11.3. The molecule has 0 spiro atoms. The largest absolute Gasteiger partial charge is 0.508 e. The molecule has 5 heteroatoms. The summed E-state index contributed by atoms with van der Waals surface area (Å²) in [6.45, 7) is 3.08. The Balaban J connectivity index is 2.42. The van der Waals surface area contributed by atoms with Crippen LogP contribution in [-0.4, -0.2) is 55.3 Å². The van der Waals surface area contributed by atoms with E-state index in [2.05, 4.69) is 11.8 Å². The lowest BCUT2D eigenvalue weighted by molar-refractivity contribution is 0.102. The van der Waals surface area contributed by atoms with E-state index in [9.17, 15) is 9.90 Å². The predicted molar refractivity (Wildman–Crippen MR) is 74.2 cm³/mol. The molecule has 0 aliphatic heterocycles. The van der Waals surface area contributed by atoms with Crippen LogP contribution < -0.4 is 0 Å². The van der Waals surface area contributed by atoms with E-state index < -0.39 is 0 Å². The summed E-state index contributed by atoms with van der Waals surface area (Å²) in [4.78, 5) is 14.8. The van der Waals surface area contributed by atoms with Gasteiger partial charge in [0.2, 0.25) is 0 Å². The van der Waals surface area contributed by atoms with Gasteiger partial charge >= 0.3 is 6.09 Å². The third-order valence-corrected chi connectivity index (χ3v) is 3.07. The van der Waals surface area contributed by atoms with Crippen LogP contribution in [0.2, 0.25) is 0 Å². The normalized spacial score (nSPS) is 12.3. The van der Waals surface area contributed by atoms with E-state index in [1.165, 1.54) is 4.90 Å². The van der Waals surface area contributed by atoms with Crippen molar-refractivity contribution in [3.05, 3.63) is 29.8 Å². The average Bonchev–Trinajstić information content (AvgIpc) is 2.38. The Kier molecular flexibility index (Phi) is 5.63. The highest BCUT2D eigenvalue weighted by Crippen LogP contribution is 2.20. The van der Waals surface area contributed by atoms with Gasteiger partial charge in [0.05, 0.1) is 0 Å². The number of amides is 1. The molecular weight excluding hydrogens is 244 g/mol. The van der Waals surface area contributed by atoms with E-state index >= 15 is 0 Å². The molecule has 0 bridgehead atoms.